The highest BCUT2D eigenvalue weighted by Crippen LogP contribution is 2.27. The normalized spacial score (nSPS) is 11.5. The number of ketones is 1. The largest absolute Gasteiger partial charge is 0.365 e. The predicted octanol–water partition coefficient (Wildman–Crippen LogP) is 4.60. The van der Waals surface area contributed by atoms with Crippen LogP contribution in [0, 0.1) is 5.41 Å². The summed E-state index contributed by atoms with van der Waals surface area (Å²) in [4.78, 5) is 39.4. The summed E-state index contributed by atoms with van der Waals surface area (Å²) < 4.78 is 8.18. The van der Waals surface area contributed by atoms with E-state index in [1.54, 1.807) is 45.0 Å². The molecule has 4 aromatic heterocycles. The van der Waals surface area contributed by atoms with Gasteiger partial charge >= 0.3 is 0 Å². The van der Waals surface area contributed by atoms with E-state index in [2.05, 4.69) is 15.6 Å². The third kappa shape index (κ3) is 5.02. The first-order chi connectivity index (χ1) is 16.1. The van der Waals surface area contributed by atoms with Gasteiger partial charge in [0.05, 0.1) is 29.3 Å². The summed E-state index contributed by atoms with van der Waals surface area (Å²) in [6.07, 6.45) is 1.36. The number of anilines is 1. The number of hydrogen-bond donors (Lipinski definition) is 1. The minimum absolute atomic E-state index is 0.0482. The van der Waals surface area contributed by atoms with Gasteiger partial charge in [0.15, 0.2) is 0 Å². The second kappa shape index (κ2) is 9.40. The van der Waals surface area contributed by atoms with Gasteiger partial charge < -0.3 is 9.84 Å². The van der Waals surface area contributed by atoms with E-state index in [0.717, 1.165) is 4.88 Å². The molecular formula is C23H22ClN5O4S. The van der Waals surface area contributed by atoms with Crippen molar-refractivity contribution in [3.63, 3.8) is 0 Å². The number of carbonyl (C=O) groups is 2. The van der Waals surface area contributed by atoms with Crippen LogP contribution in [0.4, 0.5) is 5.82 Å². The number of halogens is 1. The van der Waals surface area contributed by atoms with Crippen LogP contribution in [0.25, 0.3) is 11.4 Å². The molecule has 0 aliphatic rings. The first-order valence-electron chi connectivity index (χ1n) is 10.4. The van der Waals surface area contributed by atoms with Gasteiger partial charge in [-0.15, -0.1) is 11.3 Å². The predicted molar refractivity (Wildman–Crippen MR) is 129 cm³/mol. The molecule has 0 spiro atoms. The van der Waals surface area contributed by atoms with E-state index >= 15 is 0 Å². The summed E-state index contributed by atoms with van der Waals surface area (Å²) in [6.45, 7) is 5.57. The molecule has 34 heavy (non-hydrogen) atoms. The van der Waals surface area contributed by atoms with Crippen LogP contribution in [0.2, 0.25) is 4.34 Å². The smallest absolute Gasteiger partial charge is 0.254 e. The second-order valence-corrected chi connectivity index (χ2v) is 10.4. The van der Waals surface area contributed by atoms with Crippen molar-refractivity contribution in [1.82, 2.24) is 19.5 Å². The molecule has 4 aromatic rings. The SMILES string of the molecule is CC(C)(C)C(=O)n1nc(-c2cccc(=O)n2CC(=O)c2ccno2)cc1NCc1ccc(Cl)s1. The number of Topliss-reactive ketones (excluding diaryl/α,β-unsaturated/α-hetero) is 1. The van der Waals surface area contributed by atoms with Gasteiger partial charge in [-0.25, -0.2) is 0 Å². The van der Waals surface area contributed by atoms with E-state index < -0.39 is 11.2 Å². The lowest BCUT2D eigenvalue weighted by Crippen LogP contribution is -2.29. The molecule has 0 saturated carbocycles. The fourth-order valence-corrected chi connectivity index (χ4v) is 4.24. The van der Waals surface area contributed by atoms with Crippen LogP contribution < -0.4 is 10.9 Å². The molecular weight excluding hydrogens is 478 g/mol. The molecule has 0 atom stereocenters. The van der Waals surface area contributed by atoms with Crippen molar-refractivity contribution in [2.24, 2.45) is 5.41 Å². The number of nitrogens with one attached hydrogen (secondary N) is 1. The van der Waals surface area contributed by atoms with Gasteiger partial charge in [-0.05, 0) is 18.2 Å². The lowest BCUT2D eigenvalue weighted by atomic mass is 9.96. The first-order valence-corrected chi connectivity index (χ1v) is 11.6. The van der Waals surface area contributed by atoms with Crippen molar-refractivity contribution >= 4 is 40.4 Å². The Balaban J connectivity index is 1.73. The van der Waals surface area contributed by atoms with E-state index in [1.807, 2.05) is 6.07 Å². The number of thiophene rings is 1. The zero-order valence-electron chi connectivity index (χ0n) is 18.7. The first kappa shape index (κ1) is 23.7. The van der Waals surface area contributed by atoms with Crippen LogP contribution >= 0.6 is 22.9 Å². The van der Waals surface area contributed by atoms with Crippen molar-refractivity contribution < 1.29 is 14.1 Å². The highest BCUT2D eigenvalue weighted by molar-refractivity contribution is 7.16. The summed E-state index contributed by atoms with van der Waals surface area (Å²) in [5, 5.41) is 11.3. The summed E-state index contributed by atoms with van der Waals surface area (Å²) in [6, 6.07) is 11.4. The molecule has 0 aliphatic heterocycles. The van der Waals surface area contributed by atoms with Crippen molar-refractivity contribution in [1.29, 1.82) is 0 Å². The van der Waals surface area contributed by atoms with E-state index in [-0.39, 0.29) is 23.8 Å². The molecule has 9 nitrogen and oxygen atoms in total. The minimum atomic E-state index is -0.704. The van der Waals surface area contributed by atoms with Crippen molar-refractivity contribution in [3.05, 3.63) is 74.0 Å². The molecule has 0 amide bonds. The quantitative estimate of drug-likeness (QED) is 0.370. The standard InChI is InChI=1S/C23H22ClN5O4S/c1-23(2,3)22(32)29-20(25-12-14-7-8-19(24)34-14)11-15(27-29)16-5-4-6-21(31)28(16)13-17(30)18-9-10-26-33-18/h4-11,25H,12-13H2,1-3H3. The summed E-state index contributed by atoms with van der Waals surface area (Å²) in [5.41, 5.74) is -0.329. The topological polar surface area (TPSA) is 112 Å². The monoisotopic (exact) mass is 499 g/mol. The van der Waals surface area contributed by atoms with Crippen LogP contribution in [0.15, 0.2) is 58.0 Å². The zero-order chi connectivity index (χ0) is 24.5. The van der Waals surface area contributed by atoms with E-state index in [0.29, 0.717) is 28.1 Å². The average molecular weight is 500 g/mol. The Morgan fingerprint density at radius 3 is 2.62 bits per heavy atom. The Kier molecular flexibility index (Phi) is 6.54. The van der Waals surface area contributed by atoms with E-state index in [9.17, 15) is 14.4 Å². The summed E-state index contributed by atoms with van der Waals surface area (Å²) >= 11 is 7.46. The number of carbonyl (C=O) groups excluding carboxylic acids is 2. The fourth-order valence-electron chi connectivity index (χ4n) is 3.22. The third-order valence-corrected chi connectivity index (χ3v) is 6.17. The molecule has 11 heteroatoms. The van der Waals surface area contributed by atoms with Crippen molar-refractivity contribution in [2.45, 2.75) is 33.9 Å². The molecule has 0 bridgehead atoms. The Labute approximate surface area is 204 Å². The highest BCUT2D eigenvalue weighted by atomic mass is 35.5. The molecule has 176 valence electrons. The van der Waals surface area contributed by atoms with Crippen LogP contribution in [-0.2, 0) is 13.1 Å². The molecule has 4 heterocycles. The van der Waals surface area contributed by atoms with Crippen LogP contribution in [0.3, 0.4) is 0 Å². The number of nitrogens with zero attached hydrogens (tertiary/aromatic N) is 4. The van der Waals surface area contributed by atoms with Crippen LogP contribution in [-0.4, -0.2) is 31.2 Å². The Morgan fingerprint density at radius 1 is 1.18 bits per heavy atom. The maximum absolute atomic E-state index is 13.1. The number of aromatic nitrogens is 4. The van der Waals surface area contributed by atoms with Gasteiger partial charge in [0.2, 0.25) is 11.5 Å². The fraction of sp³-hybridized carbons (Fsp3) is 0.261. The molecule has 0 fully saturated rings. The second-order valence-electron chi connectivity index (χ2n) is 8.58. The van der Waals surface area contributed by atoms with Gasteiger partial charge in [0.25, 0.3) is 11.5 Å². The molecule has 0 saturated heterocycles. The molecule has 0 aromatic carbocycles. The Morgan fingerprint density at radius 2 is 1.97 bits per heavy atom. The Bertz CT molecular complexity index is 1400. The third-order valence-electron chi connectivity index (χ3n) is 4.94. The average Bonchev–Trinajstić information content (AvgIpc) is 3.53. The van der Waals surface area contributed by atoms with Gasteiger partial charge in [-0.2, -0.15) is 9.78 Å². The maximum atomic E-state index is 13.1. The zero-order valence-corrected chi connectivity index (χ0v) is 20.3. The molecule has 1 N–H and O–H groups in total. The minimum Gasteiger partial charge on any atom is -0.365 e. The van der Waals surface area contributed by atoms with Crippen molar-refractivity contribution in [3.8, 4) is 11.4 Å². The van der Waals surface area contributed by atoms with Gasteiger partial charge in [0.1, 0.15) is 11.5 Å². The van der Waals surface area contributed by atoms with Gasteiger partial charge in [0, 0.05) is 28.5 Å². The maximum Gasteiger partial charge on any atom is 0.254 e. The summed E-state index contributed by atoms with van der Waals surface area (Å²) in [7, 11) is 0. The van der Waals surface area contributed by atoms with Gasteiger partial charge in [-0.3, -0.25) is 19.0 Å². The molecule has 0 radical (unpaired) electrons. The number of pyridine rings is 1. The van der Waals surface area contributed by atoms with Crippen molar-refractivity contribution in [2.75, 3.05) is 5.32 Å². The van der Waals surface area contributed by atoms with Crippen LogP contribution in [0.1, 0.15) is 41.0 Å². The highest BCUT2D eigenvalue weighted by Gasteiger charge is 2.27. The molecule has 0 aliphatic carbocycles. The number of hydrogen-bond acceptors (Lipinski definition) is 8. The summed E-state index contributed by atoms with van der Waals surface area (Å²) in [5.74, 6) is -0.130. The molecule has 4 rings (SSSR count). The Hall–Kier alpha value is -3.50. The molecule has 0 unspecified atom stereocenters. The van der Waals surface area contributed by atoms with Crippen LogP contribution in [0.5, 0.6) is 0 Å². The lowest BCUT2D eigenvalue weighted by molar-refractivity contribution is 0.0752. The van der Waals surface area contributed by atoms with E-state index in [1.165, 1.54) is 38.9 Å². The lowest BCUT2D eigenvalue weighted by Gasteiger charge is -2.18. The number of rotatable bonds is 7. The van der Waals surface area contributed by atoms with E-state index in [4.69, 9.17) is 16.1 Å². The van der Waals surface area contributed by atoms with Gasteiger partial charge in [-0.1, -0.05) is 43.6 Å².